The van der Waals surface area contributed by atoms with Crippen LogP contribution in [0.25, 0.3) is 0 Å². The Balaban J connectivity index is 0.000000217. The molecule has 3 heteroatoms. The number of nitrogen functional groups attached to an aromatic ring is 1. The molecule has 0 aliphatic carbocycles. The quantitative estimate of drug-likeness (QED) is 0.591. The topological polar surface area (TPSA) is 64.1 Å². The van der Waals surface area contributed by atoms with Crippen LogP contribution in [-0.2, 0) is 6.54 Å². The number of benzene rings is 2. The minimum Gasteiger partial charge on any atom is -0.399 e. The van der Waals surface area contributed by atoms with E-state index in [1.165, 1.54) is 16.7 Å². The number of hydrogen-bond donors (Lipinski definition) is 3. The first kappa shape index (κ1) is 16.2. The van der Waals surface area contributed by atoms with E-state index >= 15 is 0 Å². The summed E-state index contributed by atoms with van der Waals surface area (Å²) in [6, 6.07) is 16.3. The van der Waals surface area contributed by atoms with Gasteiger partial charge in [-0.3, -0.25) is 0 Å². The predicted molar refractivity (Wildman–Crippen MR) is 87.5 cm³/mol. The smallest absolute Gasteiger partial charge is 0.0314 e. The number of anilines is 1. The second-order valence-corrected chi connectivity index (χ2v) is 4.86. The second kappa shape index (κ2) is 9.13. The van der Waals surface area contributed by atoms with Crippen molar-refractivity contribution in [1.29, 1.82) is 0 Å². The molecule has 0 aromatic heterocycles. The van der Waals surface area contributed by atoms with Gasteiger partial charge < -0.3 is 16.8 Å². The lowest BCUT2D eigenvalue weighted by Crippen LogP contribution is -2.21. The molecule has 2 aromatic rings. The highest BCUT2D eigenvalue weighted by Gasteiger charge is 1.90. The van der Waals surface area contributed by atoms with Crippen molar-refractivity contribution in [1.82, 2.24) is 5.32 Å². The fourth-order valence-corrected chi connectivity index (χ4v) is 1.61. The third-order valence-electron chi connectivity index (χ3n) is 2.85. The van der Waals surface area contributed by atoms with E-state index in [2.05, 4.69) is 36.5 Å². The number of rotatable bonds is 4. The van der Waals surface area contributed by atoms with Crippen LogP contribution in [0.4, 0.5) is 5.69 Å². The van der Waals surface area contributed by atoms with E-state index in [0.717, 1.165) is 18.8 Å². The number of nitrogens with one attached hydrogen (secondary N) is 1. The first-order chi connectivity index (χ1) is 9.61. The van der Waals surface area contributed by atoms with Gasteiger partial charge in [-0.1, -0.05) is 47.5 Å². The van der Waals surface area contributed by atoms with Crippen LogP contribution in [0.5, 0.6) is 0 Å². The van der Waals surface area contributed by atoms with Gasteiger partial charge in [0.05, 0.1) is 0 Å². The molecule has 2 aromatic carbocycles. The number of nitrogens with two attached hydrogens (primary N) is 2. The third-order valence-corrected chi connectivity index (χ3v) is 2.85. The molecule has 0 aliphatic heterocycles. The molecule has 3 nitrogen and oxygen atoms in total. The Kier molecular flexibility index (Phi) is 7.40. The molecule has 0 heterocycles. The van der Waals surface area contributed by atoms with Gasteiger partial charge in [-0.15, -0.1) is 0 Å². The Bertz CT molecular complexity index is 454. The third kappa shape index (κ3) is 6.92. The zero-order valence-corrected chi connectivity index (χ0v) is 12.4. The molecule has 0 bridgehead atoms. The monoisotopic (exact) mass is 271 g/mol. The molecule has 2 rings (SSSR count). The normalized spacial score (nSPS) is 9.75. The van der Waals surface area contributed by atoms with E-state index in [1.807, 2.05) is 31.2 Å². The van der Waals surface area contributed by atoms with Crippen molar-refractivity contribution in [2.45, 2.75) is 20.4 Å². The molecule has 0 radical (unpaired) electrons. The van der Waals surface area contributed by atoms with E-state index in [0.29, 0.717) is 6.54 Å². The highest BCUT2D eigenvalue weighted by Crippen LogP contribution is 2.02. The maximum absolute atomic E-state index is 5.43. The SMILES string of the molecule is Cc1ccc(CNCCN)cc1.Cc1ccc(N)cc1. The molecule has 0 unspecified atom stereocenters. The Morgan fingerprint density at radius 1 is 0.850 bits per heavy atom. The van der Waals surface area contributed by atoms with Gasteiger partial charge >= 0.3 is 0 Å². The largest absolute Gasteiger partial charge is 0.399 e. The van der Waals surface area contributed by atoms with Crippen LogP contribution in [0.15, 0.2) is 48.5 Å². The Morgan fingerprint density at radius 2 is 1.35 bits per heavy atom. The fraction of sp³-hybridized carbons (Fsp3) is 0.294. The van der Waals surface area contributed by atoms with Gasteiger partial charge in [0.1, 0.15) is 0 Å². The average molecular weight is 271 g/mol. The van der Waals surface area contributed by atoms with Crippen molar-refractivity contribution in [3.8, 4) is 0 Å². The highest BCUT2D eigenvalue weighted by atomic mass is 14.9. The molecule has 0 saturated carbocycles. The Labute approximate surface area is 122 Å². The van der Waals surface area contributed by atoms with E-state index < -0.39 is 0 Å². The summed E-state index contributed by atoms with van der Waals surface area (Å²) >= 11 is 0. The zero-order valence-electron chi connectivity index (χ0n) is 12.4. The molecule has 0 spiro atoms. The van der Waals surface area contributed by atoms with Gasteiger partial charge in [-0.05, 0) is 31.5 Å². The van der Waals surface area contributed by atoms with Crippen molar-refractivity contribution >= 4 is 5.69 Å². The predicted octanol–water partition coefficient (Wildman–Crippen LogP) is 2.62. The van der Waals surface area contributed by atoms with E-state index in [9.17, 15) is 0 Å². The van der Waals surface area contributed by atoms with Crippen LogP contribution in [0.3, 0.4) is 0 Å². The molecule has 20 heavy (non-hydrogen) atoms. The number of hydrogen-bond acceptors (Lipinski definition) is 3. The summed E-state index contributed by atoms with van der Waals surface area (Å²) < 4.78 is 0. The summed E-state index contributed by atoms with van der Waals surface area (Å²) in [6.07, 6.45) is 0. The van der Waals surface area contributed by atoms with Gasteiger partial charge in [0, 0.05) is 25.3 Å². The summed E-state index contributed by atoms with van der Waals surface area (Å²) in [6.45, 7) is 6.63. The van der Waals surface area contributed by atoms with Gasteiger partial charge in [0.2, 0.25) is 0 Å². The van der Waals surface area contributed by atoms with Crippen molar-refractivity contribution in [3.05, 3.63) is 65.2 Å². The molecule has 0 amide bonds. The van der Waals surface area contributed by atoms with Crippen molar-refractivity contribution < 1.29 is 0 Å². The Hall–Kier alpha value is -1.84. The second-order valence-electron chi connectivity index (χ2n) is 4.86. The van der Waals surface area contributed by atoms with Crippen molar-refractivity contribution in [2.75, 3.05) is 18.8 Å². The standard InChI is InChI=1S/C10H16N2.C7H9N/c1-9-2-4-10(5-3-9)8-12-7-6-11;1-6-2-4-7(8)5-3-6/h2-5,12H,6-8,11H2,1H3;2-5H,8H2,1H3. The average Bonchev–Trinajstić information content (AvgIpc) is 2.45. The van der Waals surface area contributed by atoms with Crippen LogP contribution in [0, 0.1) is 13.8 Å². The minimum absolute atomic E-state index is 0.700. The lowest BCUT2D eigenvalue weighted by atomic mass is 10.1. The van der Waals surface area contributed by atoms with E-state index in [1.54, 1.807) is 0 Å². The minimum atomic E-state index is 0.700. The van der Waals surface area contributed by atoms with Gasteiger partial charge in [0.25, 0.3) is 0 Å². The van der Waals surface area contributed by atoms with Gasteiger partial charge in [-0.25, -0.2) is 0 Å². The fourth-order valence-electron chi connectivity index (χ4n) is 1.61. The van der Waals surface area contributed by atoms with Crippen LogP contribution in [0.2, 0.25) is 0 Å². The van der Waals surface area contributed by atoms with Crippen LogP contribution in [-0.4, -0.2) is 13.1 Å². The molecule has 5 N–H and O–H groups in total. The molecular formula is C17H25N3. The lowest BCUT2D eigenvalue weighted by Gasteiger charge is -2.02. The summed E-state index contributed by atoms with van der Waals surface area (Å²) in [5, 5.41) is 3.25. The number of aryl methyl sites for hydroxylation is 2. The van der Waals surface area contributed by atoms with Gasteiger partial charge in [0.15, 0.2) is 0 Å². The molecule has 0 aliphatic rings. The summed E-state index contributed by atoms with van der Waals surface area (Å²) in [5.74, 6) is 0. The maximum atomic E-state index is 5.43. The summed E-state index contributed by atoms with van der Waals surface area (Å²) in [4.78, 5) is 0. The first-order valence-electron chi connectivity index (χ1n) is 6.90. The van der Waals surface area contributed by atoms with Gasteiger partial charge in [-0.2, -0.15) is 0 Å². The van der Waals surface area contributed by atoms with Crippen LogP contribution >= 0.6 is 0 Å². The highest BCUT2D eigenvalue weighted by molar-refractivity contribution is 5.38. The molecule has 108 valence electrons. The van der Waals surface area contributed by atoms with E-state index in [4.69, 9.17) is 11.5 Å². The first-order valence-corrected chi connectivity index (χ1v) is 6.90. The summed E-state index contributed by atoms with van der Waals surface area (Å²) in [7, 11) is 0. The molecule has 0 atom stereocenters. The van der Waals surface area contributed by atoms with Crippen molar-refractivity contribution in [2.24, 2.45) is 5.73 Å². The molecule has 0 saturated heterocycles. The zero-order chi connectivity index (χ0) is 14.8. The van der Waals surface area contributed by atoms with Crippen LogP contribution < -0.4 is 16.8 Å². The molecule has 0 fully saturated rings. The summed E-state index contributed by atoms with van der Waals surface area (Å²) in [5.41, 5.74) is 15.5. The maximum Gasteiger partial charge on any atom is 0.0314 e. The molecular weight excluding hydrogens is 246 g/mol. The van der Waals surface area contributed by atoms with Crippen LogP contribution in [0.1, 0.15) is 16.7 Å². The van der Waals surface area contributed by atoms with E-state index in [-0.39, 0.29) is 0 Å². The Morgan fingerprint density at radius 3 is 1.80 bits per heavy atom. The van der Waals surface area contributed by atoms with Crippen molar-refractivity contribution in [3.63, 3.8) is 0 Å². The lowest BCUT2D eigenvalue weighted by molar-refractivity contribution is 0.695.